The first kappa shape index (κ1) is 15.8. The fourth-order valence-corrected chi connectivity index (χ4v) is 2.51. The summed E-state index contributed by atoms with van der Waals surface area (Å²) < 4.78 is 1.92. The standard InChI is InChI=1S/C17H20N2O3/c1-11(18-16(20)14-7-5-4-6-8-14)10-19-12(2)9-15(13(19)3)17(21)22/h4-9,11H,10H2,1-3H3,(H,18,20)(H,21,22). The minimum absolute atomic E-state index is 0.112. The van der Waals surface area contributed by atoms with Gasteiger partial charge in [-0.3, -0.25) is 4.79 Å². The summed E-state index contributed by atoms with van der Waals surface area (Å²) in [5.41, 5.74) is 2.49. The van der Waals surface area contributed by atoms with Gasteiger partial charge in [0, 0.05) is 29.5 Å². The zero-order chi connectivity index (χ0) is 16.3. The topological polar surface area (TPSA) is 71.3 Å². The Morgan fingerprint density at radius 1 is 1.23 bits per heavy atom. The molecule has 0 aliphatic carbocycles. The van der Waals surface area contributed by atoms with E-state index in [1.807, 2.05) is 36.6 Å². The van der Waals surface area contributed by atoms with Crippen LogP contribution in [0, 0.1) is 13.8 Å². The highest BCUT2D eigenvalue weighted by Gasteiger charge is 2.17. The van der Waals surface area contributed by atoms with E-state index in [1.165, 1.54) is 0 Å². The van der Waals surface area contributed by atoms with E-state index in [2.05, 4.69) is 5.32 Å². The summed E-state index contributed by atoms with van der Waals surface area (Å²) in [5, 5.41) is 12.1. The molecule has 1 aromatic carbocycles. The monoisotopic (exact) mass is 300 g/mol. The van der Waals surface area contributed by atoms with Crippen molar-refractivity contribution in [3.63, 3.8) is 0 Å². The molecule has 1 atom stereocenters. The van der Waals surface area contributed by atoms with Gasteiger partial charge in [-0.1, -0.05) is 18.2 Å². The third-order valence-electron chi connectivity index (χ3n) is 3.67. The second-order valence-corrected chi connectivity index (χ2v) is 5.44. The van der Waals surface area contributed by atoms with E-state index in [4.69, 9.17) is 5.11 Å². The lowest BCUT2D eigenvalue weighted by Crippen LogP contribution is -2.36. The molecule has 0 bridgehead atoms. The highest BCUT2D eigenvalue weighted by atomic mass is 16.4. The fraction of sp³-hybridized carbons (Fsp3) is 0.294. The Kier molecular flexibility index (Phi) is 4.65. The van der Waals surface area contributed by atoms with Crippen LogP contribution < -0.4 is 5.32 Å². The molecule has 1 heterocycles. The van der Waals surface area contributed by atoms with Crippen molar-refractivity contribution in [1.29, 1.82) is 0 Å². The fourth-order valence-electron chi connectivity index (χ4n) is 2.51. The molecule has 116 valence electrons. The van der Waals surface area contributed by atoms with E-state index < -0.39 is 5.97 Å². The van der Waals surface area contributed by atoms with Gasteiger partial charge in [0.25, 0.3) is 5.91 Å². The van der Waals surface area contributed by atoms with Crippen LogP contribution in [0.1, 0.15) is 39.0 Å². The lowest BCUT2D eigenvalue weighted by molar-refractivity contribution is 0.0695. The first-order valence-electron chi connectivity index (χ1n) is 7.16. The van der Waals surface area contributed by atoms with Crippen molar-refractivity contribution in [2.24, 2.45) is 0 Å². The number of nitrogens with zero attached hydrogens (tertiary/aromatic N) is 1. The van der Waals surface area contributed by atoms with E-state index in [0.29, 0.717) is 23.4 Å². The van der Waals surface area contributed by atoms with E-state index >= 15 is 0 Å². The molecule has 0 fully saturated rings. The number of nitrogens with one attached hydrogen (secondary N) is 1. The lowest BCUT2D eigenvalue weighted by Gasteiger charge is -2.17. The molecular formula is C17H20N2O3. The molecule has 2 rings (SSSR count). The number of amides is 1. The van der Waals surface area contributed by atoms with E-state index in [9.17, 15) is 9.59 Å². The number of carboxylic acids is 1. The predicted molar refractivity (Wildman–Crippen MR) is 84.2 cm³/mol. The SMILES string of the molecule is Cc1cc(C(=O)O)c(C)n1CC(C)NC(=O)c1ccccc1. The van der Waals surface area contributed by atoms with Crippen LogP contribution in [0.4, 0.5) is 0 Å². The number of carboxylic acid groups (broad SMARTS) is 1. The van der Waals surface area contributed by atoms with Gasteiger partial charge in [0.15, 0.2) is 0 Å². The highest BCUT2D eigenvalue weighted by Crippen LogP contribution is 2.15. The van der Waals surface area contributed by atoms with Crippen LogP contribution in [-0.4, -0.2) is 27.6 Å². The number of aromatic carboxylic acids is 1. The maximum atomic E-state index is 12.1. The summed E-state index contributed by atoms with van der Waals surface area (Å²) in [6.45, 7) is 6.08. The molecule has 5 heteroatoms. The summed E-state index contributed by atoms with van der Waals surface area (Å²) in [6.07, 6.45) is 0. The summed E-state index contributed by atoms with van der Waals surface area (Å²) >= 11 is 0. The highest BCUT2D eigenvalue weighted by molar-refractivity contribution is 5.94. The zero-order valence-corrected chi connectivity index (χ0v) is 13.0. The largest absolute Gasteiger partial charge is 0.478 e. The van der Waals surface area contributed by atoms with Crippen molar-refractivity contribution < 1.29 is 14.7 Å². The lowest BCUT2D eigenvalue weighted by atomic mass is 10.2. The molecule has 1 amide bonds. The van der Waals surface area contributed by atoms with Crippen molar-refractivity contribution >= 4 is 11.9 Å². The van der Waals surface area contributed by atoms with Gasteiger partial charge in [-0.2, -0.15) is 0 Å². The summed E-state index contributed by atoms with van der Waals surface area (Å²) in [7, 11) is 0. The van der Waals surface area contributed by atoms with Crippen LogP contribution >= 0.6 is 0 Å². The Labute approximate surface area is 129 Å². The van der Waals surface area contributed by atoms with Gasteiger partial charge < -0.3 is 15.0 Å². The van der Waals surface area contributed by atoms with Crippen LogP contribution in [0.2, 0.25) is 0 Å². The molecule has 2 aromatic rings. The van der Waals surface area contributed by atoms with Gasteiger partial charge in [-0.25, -0.2) is 4.79 Å². The van der Waals surface area contributed by atoms with Crippen molar-refractivity contribution in [2.75, 3.05) is 0 Å². The Hall–Kier alpha value is -2.56. The normalized spacial score (nSPS) is 12.0. The maximum Gasteiger partial charge on any atom is 0.337 e. The van der Waals surface area contributed by atoms with Gasteiger partial charge >= 0.3 is 5.97 Å². The molecule has 5 nitrogen and oxygen atoms in total. The third-order valence-corrected chi connectivity index (χ3v) is 3.67. The number of aryl methyl sites for hydroxylation is 1. The Morgan fingerprint density at radius 2 is 1.86 bits per heavy atom. The van der Waals surface area contributed by atoms with E-state index in [-0.39, 0.29) is 11.9 Å². The smallest absolute Gasteiger partial charge is 0.337 e. The molecule has 0 aliphatic rings. The average Bonchev–Trinajstić information content (AvgIpc) is 2.76. The molecule has 2 N–H and O–H groups in total. The van der Waals surface area contributed by atoms with Crippen molar-refractivity contribution in [1.82, 2.24) is 9.88 Å². The first-order chi connectivity index (χ1) is 10.4. The number of aromatic nitrogens is 1. The molecule has 1 unspecified atom stereocenters. The van der Waals surface area contributed by atoms with Gasteiger partial charge in [-0.15, -0.1) is 0 Å². The van der Waals surface area contributed by atoms with Crippen molar-refractivity contribution in [3.8, 4) is 0 Å². The van der Waals surface area contributed by atoms with Gasteiger partial charge in [0.05, 0.1) is 5.56 Å². The molecule has 1 aromatic heterocycles. The van der Waals surface area contributed by atoms with Crippen LogP contribution in [0.3, 0.4) is 0 Å². The number of benzene rings is 1. The van der Waals surface area contributed by atoms with Crippen LogP contribution in [0.5, 0.6) is 0 Å². The average molecular weight is 300 g/mol. The second kappa shape index (κ2) is 6.47. The van der Waals surface area contributed by atoms with Crippen LogP contribution in [0.25, 0.3) is 0 Å². The number of hydrogen-bond acceptors (Lipinski definition) is 2. The Morgan fingerprint density at radius 3 is 2.41 bits per heavy atom. The maximum absolute atomic E-state index is 12.1. The molecular weight excluding hydrogens is 280 g/mol. The number of hydrogen-bond donors (Lipinski definition) is 2. The number of carbonyl (C=O) groups excluding carboxylic acids is 1. The minimum Gasteiger partial charge on any atom is -0.478 e. The third kappa shape index (κ3) is 3.36. The van der Waals surface area contributed by atoms with E-state index in [1.54, 1.807) is 25.1 Å². The van der Waals surface area contributed by atoms with Gasteiger partial charge in [-0.05, 0) is 39.0 Å². The van der Waals surface area contributed by atoms with Crippen molar-refractivity contribution in [2.45, 2.75) is 33.4 Å². The molecule has 0 radical (unpaired) electrons. The number of carbonyl (C=O) groups is 2. The summed E-state index contributed by atoms with van der Waals surface area (Å²) in [6, 6.07) is 10.6. The van der Waals surface area contributed by atoms with E-state index in [0.717, 1.165) is 5.69 Å². The zero-order valence-electron chi connectivity index (χ0n) is 13.0. The minimum atomic E-state index is -0.930. The molecule has 22 heavy (non-hydrogen) atoms. The first-order valence-corrected chi connectivity index (χ1v) is 7.16. The summed E-state index contributed by atoms with van der Waals surface area (Å²) in [4.78, 5) is 23.3. The van der Waals surface area contributed by atoms with Gasteiger partial charge in [0.2, 0.25) is 0 Å². The molecule has 0 saturated heterocycles. The Bertz CT molecular complexity index is 689. The van der Waals surface area contributed by atoms with Crippen LogP contribution in [0.15, 0.2) is 36.4 Å². The van der Waals surface area contributed by atoms with Crippen molar-refractivity contribution in [3.05, 3.63) is 58.9 Å². The summed E-state index contributed by atoms with van der Waals surface area (Å²) in [5.74, 6) is -1.06. The van der Waals surface area contributed by atoms with Crippen LogP contribution in [-0.2, 0) is 6.54 Å². The van der Waals surface area contributed by atoms with Gasteiger partial charge in [0.1, 0.15) is 0 Å². The number of rotatable bonds is 5. The quantitative estimate of drug-likeness (QED) is 0.891. The Balaban J connectivity index is 2.08. The molecule has 0 saturated carbocycles. The molecule has 0 spiro atoms. The molecule has 0 aliphatic heterocycles. The second-order valence-electron chi connectivity index (χ2n) is 5.44. The predicted octanol–water partition coefficient (Wildman–Crippen LogP) is 2.62.